The summed E-state index contributed by atoms with van der Waals surface area (Å²) >= 11 is 3.43. The van der Waals surface area contributed by atoms with Gasteiger partial charge in [0.15, 0.2) is 0 Å². The van der Waals surface area contributed by atoms with E-state index in [9.17, 15) is 5.11 Å². The van der Waals surface area contributed by atoms with Gasteiger partial charge in [-0.2, -0.15) is 0 Å². The Morgan fingerprint density at radius 2 is 2.08 bits per heavy atom. The topological polar surface area (TPSA) is 32.3 Å². The van der Waals surface area contributed by atoms with Crippen LogP contribution in [-0.4, -0.2) is 18.2 Å². The van der Waals surface area contributed by atoms with Crippen molar-refractivity contribution in [1.82, 2.24) is 5.32 Å². The van der Waals surface area contributed by atoms with E-state index in [0.717, 1.165) is 10.0 Å². The zero-order chi connectivity index (χ0) is 9.47. The van der Waals surface area contributed by atoms with Crippen LogP contribution in [0.2, 0.25) is 0 Å². The lowest BCUT2D eigenvalue weighted by molar-refractivity contribution is -0.0147. The van der Waals surface area contributed by atoms with E-state index in [1.54, 1.807) is 0 Å². The van der Waals surface area contributed by atoms with Gasteiger partial charge in [0, 0.05) is 17.6 Å². The van der Waals surface area contributed by atoms with Crippen molar-refractivity contribution < 1.29 is 5.11 Å². The van der Waals surface area contributed by atoms with Crippen LogP contribution in [0.25, 0.3) is 0 Å². The molecule has 0 atom stereocenters. The highest BCUT2D eigenvalue weighted by atomic mass is 79.9. The van der Waals surface area contributed by atoms with Gasteiger partial charge in [-0.3, -0.25) is 0 Å². The molecule has 0 radical (unpaired) electrons. The molecule has 1 heterocycles. The number of rotatable bonds is 1. The van der Waals surface area contributed by atoms with Gasteiger partial charge in [-0.25, -0.2) is 0 Å². The van der Waals surface area contributed by atoms with Crippen LogP contribution >= 0.6 is 15.9 Å². The molecule has 1 saturated heterocycles. The Labute approximate surface area is 86.1 Å². The number of aryl methyl sites for hydroxylation is 1. The molecule has 0 aromatic heterocycles. The molecule has 70 valence electrons. The fraction of sp³-hybridized carbons (Fsp3) is 0.400. The molecule has 1 aliphatic rings. The molecule has 1 fully saturated rings. The van der Waals surface area contributed by atoms with E-state index in [1.165, 1.54) is 5.56 Å². The first-order chi connectivity index (χ1) is 6.10. The lowest BCUT2D eigenvalue weighted by Gasteiger charge is -2.38. The lowest BCUT2D eigenvalue weighted by atomic mass is 9.87. The van der Waals surface area contributed by atoms with Crippen LogP contribution in [0.5, 0.6) is 0 Å². The Bertz CT molecular complexity index is 313. The van der Waals surface area contributed by atoms with Crippen LogP contribution in [0, 0.1) is 6.92 Å². The van der Waals surface area contributed by atoms with Crippen LogP contribution in [0.4, 0.5) is 0 Å². The lowest BCUT2D eigenvalue weighted by Crippen LogP contribution is -2.56. The molecule has 0 saturated carbocycles. The highest BCUT2D eigenvalue weighted by Gasteiger charge is 2.36. The number of β-amino-alcohol motifs (C(OH)–C–C–N with tert-alkyl or cyclic N) is 1. The van der Waals surface area contributed by atoms with Crippen LogP contribution < -0.4 is 5.32 Å². The van der Waals surface area contributed by atoms with E-state index in [1.807, 2.05) is 25.1 Å². The Kier molecular flexibility index (Phi) is 2.18. The molecule has 3 heteroatoms. The molecule has 13 heavy (non-hydrogen) atoms. The van der Waals surface area contributed by atoms with Crippen LogP contribution in [0.1, 0.15) is 11.1 Å². The molecule has 1 aromatic carbocycles. The molecule has 1 aromatic rings. The summed E-state index contributed by atoms with van der Waals surface area (Å²) in [5.41, 5.74) is 1.52. The van der Waals surface area contributed by atoms with E-state index in [2.05, 4.69) is 21.2 Å². The zero-order valence-electron chi connectivity index (χ0n) is 7.47. The molecule has 0 bridgehead atoms. The molecule has 0 aliphatic carbocycles. The summed E-state index contributed by atoms with van der Waals surface area (Å²) in [4.78, 5) is 0. The van der Waals surface area contributed by atoms with E-state index < -0.39 is 5.60 Å². The van der Waals surface area contributed by atoms with Crippen molar-refractivity contribution in [3.05, 3.63) is 33.8 Å². The zero-order valence-corrected chi connectivity index (χ0v) is 9.06. The third-order valence-corrected chi connectivity index (χ3v) is 2.87. The first-order valence-corrected chi connectivity index (χ1v) is 5.10. The minimum absolute atomic E-state index is 0.644. The summed E-state index contributed by atoms with van der Waals surface area (Å²) in [7, 11) is 0. The minimum Gasteiger partial charge on any atom is -0.382 e. The second-order valence-corrected chi connectivity index (χ2v) is 4.57. The van der Waals surface area contributed by atoms with Crippen molar-refractivity contribution in [2.45, 2.75) is 12.5 Å². The smallest absolute Gasteiger partial charge is 0.114 e. The van der Waals surface area contributed by atoms with Gasteiger partial charge in [0.05, 0.1) is 0 Å². The molecular weight excluding hydrogens is 230 g/mol. The normalized spacial score (nSPS) is 19.6. The van der Waals surface area contributed by atoms with Gasteiger partial charge >= 0.3 is 0 Å². The number of halogens is 1. The Hall–Kier alpha value is -0.380. The summed E-state index contributed by atoms with van der Waals surface area (Å²) in [6, 6.07) is 6.05. The second kappa shape index (κ2) is 3.08. The minimum atomic E-state index is -0.644. The summed E-state index contributed by atoms with van der Waals surface area (Å²) < 4.78 is 1.03. The Morgan fingerprint density at radius 1 is 1.38 bits per heavy atom. The number of nitrogens with one attached hydrogen (secondary N) is 1. The third-order valence-electron chi connectivity index (χ3n) is 2.41. The second-order valence-electron chi connectivity index (χ2n) is 3.65. The van der Waals surface area contributed by atoms with Crippen molar-refractivity contribution in [1.29, 1.82) is 0 Å². The predicted octanol–water partition coefficient (Wildman–Crippen LogP) is 1.55. The first kappa shape index (κ1) is 9.19. The summed E-state index contributed by atoms with van der Waals surface area (Å²) in [5.74, 6) is 0. The first-order valence-electron chi connectivity index (χ1n) is 4.31. The SMILES string of the molecule is Cc1cc(Br)cc(C2(O)CNC2)c1. The van der Waals surface area contributed by atoms with E-state index in [0.29, 0.717) is 13.1 Å². The molecule has 0 spiro atoms. The monoisotopic (exact) mass is 241 g/mol. The summed E-state index contributed by atoms with van der Waals surface area (Å²) in [6.45, 7) is 3.34. The highest BCUT2D eigenvalue weighted by molar-refractivity contribution is 9.10. The predicted molar refractivity (Wildman–Crippen MR) is 55.6 cm³/mol. The molecule has 2 nitrogen and oxygen atoms in total. The van der Waals surface area contributed by atoms with E-state index in [-0.39, 0.29) is 0 Å². The number of aliphatic hydroxyl groups is 1. The average Bonchev–Trinajstić information content (AvgIpc) is 1.98. The fourth-order valence-corrected chi connectivity index (χ4v) is 2.18. The number of hydrogen-bond acceptors (Lipinski definition) is 2. The molecule has 2 rings (SSSR count). The van der Waals surface area contributed by atoms with Crippen molar-refractivity contribution >= 4 is 15.9 Å². The highest BCUT2D eigenvalue weighted by Crippen LogP contribution is 2.28. The van der Waals surface area contributed by atoms with Gasteiger partial charge in [0.2, 0.25) is 0 Å². The van der Waals surface area contributed by atoms with E-state index in [4.69, 9.17) is 0 Å². The third kappa shape index (κ3) is 1.64. The van der Waals surface area contributed by atoms with Crippen molar-refractivity contribution in [3.8, 4) is 0 Å². The van der Waals surface area contributed by atoms with Gasteiger partial charge in [-0.15, -0.1) is 0 Å². The Balaban J connectivity index is 2.39. The van der Waals surface area contributed by atoms with Crippen molar-refractivity contribution in [2.24, 2.45) is 0 Å². The maximum absolute atomic E-state index is 10.0. The van der Waals surface area contributed by atoms with Gasteiger partial charge in [0.1, 0.15) is 5.60 Å². The molecule has 2 N–H and O–H groups in total. The van der Waals surface area contributed by atoms with Crippen LogP contribution in [0.15, 0.2) is 22.7 Å². The number of benzene rings is 1. The standard InChI is InChI=1S/C10H12BrNO/c1-7-2-8(4-9(11)3-7)10(13)5-12-6-10/h2-4,12-13H,5-6H2,1H3. The maximum Gasteiger partial charge on any atom is 0.114 e. The quantitative estimate of drug-likeness (QED) is 0.783. The fourth-order valence-electron chi connectivity index (χ4n) is 1.57. The van der Waals surface area contributed by atoms with Crippen molar-refractivity contribution in [2.75, 3.05) is 13.1 Å². The molecule has 0 unspecified atom stereocenters. The molecule has 1 aliphatic heterocycles. The van der Waals surface area contributed by atoms with Gasteiger partial charge < -0.3 is 10.4 Å². The van der Waals surface area contributed by atoms with Gasteiger partial charge in [0.25, 0.3) is 0 Å². The van der Waals surface area contributed by atoms with Crippen LogP contribution in [0.3, 0.4) is 0 Å². The molecular formula is C10H12BrNO. The molecule has 0 amide bonds. The summed E-state index contributed by atoms with van der Waals surface area (Å²) in [5, 5.41) is 13.1. The van der Waals surface area contributed by atoms with Crippen LogP contribution in [-0.2, 0) is 5.60 Å². The average molecular weight is 242 g/mol. The number of hydrogen-bond donors (Lipinski definition) is 2. The van der Waals surface area contributed by atoms with E-state index >= 15 is 0 Å². The summed E-state index contributed by atoms with van der Waals surface area (Å²) in [6.07, 6.45) is 0. The van der Waals surface area contributed by atoms with Crippen molar-refractivity contribution in [3.63, 3.8) is 0 Å². The maximum atomic E-state index is 10.0. The largest absolute Gasteiger partial charge is 0.382 e. The van der Waals surface area contributed by atoms with Gasteiger partial charge in [-0.05, 0) is 30.2 Å². The Morgan fingerprint density at radius 3 is 2.54 bits per heavy atom. The van der Waals surface area contributed by atoms with Gasteiger partial charge in [-0.1, -0.05) is 22.0 Å².